The number of carboxylic acids is 1. The fourth-order valence-electron chi connectivity index (χ4n) is 4.59. The van der Waals surface area contributed by atoms with Crippen LogP contribution in [0.3, 0.4) is 0 Å². The zero-order chi connectivity index (χ0) is 16.7. The van der Waals surface area contributed by atoms with Gasteiger partial charge in [0, 0.05) is 11.4 Å². The van der Waals surface area contributed by atoms with Crippen LogP contribution in [0.1, 0.15) is 59.7 Å². The molecule has 0 bridgehead atoms. The first-order valence-electron chi connectivity index (χ1n) is 8.82. The van der Waals surface area contributed by atoms with E-state index in [0.29, 0.717) is 11.0 Å². The third-order valence-electron chi connectivity index (χ3n) is 5.68. The maximum Gasteiger partial charge on any atom is 0.335 e. The highest BCUT2D eigenvalue weighted by atomic mass is 16.4. The Kier molecular flexibility index (Phi) is 3.60. The molecule has 2 aromatic rings. The number of anilines is 2. The number of aromatic carboxylic acids is 1. The Morgan fingerprint density at radius 2 is 1.58 bits per heavy atom. The fraction of sp³-hybridized carbons (Fsp3) is 0.381. The van der Waals surface area contributed by atoms with Crippen LogP contribution in [-0.2, 0) is 18.3 Å². The van der Waals surface area contributed by atoms with E-state index in [2.05, 4.69) is 24.4 Å². The number of hydrogen-bond donors (Lipinski definition) is 2. The SMILES string of the molecule is CC12CCCc3cc(Nc4ccc(C(=O)O)cc4)cc(c31)CCC2. The maximum absolute atomic E-state index is 11.0. The van der Waals surface area contributed by atoms with E-state index in [1.807, 2.05) is 12.1 Å². The van der Waals surface area contributed by atoms with Crippen molar-refractivity contribution in [3.05, 3.63) is 58.7 Å². The number of hydrogen-bond acceptors (Lipinski definition) is 2. The van der Waals surface area contributed by atoms with E-state index >= 15 is 0 Å². The molecule has 2 aliphatic rings. The van der Waals surface area contributed by atoms with Crippen molar-refractivity contribution >= 4 is 17.3 Å². The maximum atomic E-state index is 11.0. The van der Waals surface area contributed by atoms with Crippen LogP contribution >= 0.6 is 0 Å². The average molecular weight is 321 g/mol. The normalized spacial score (nSPS) is 17.9. The van der Waals surface area contributed by atoms with E-state index in [0.717, 1.165) is 11.4 Å². The Balaban J connectivity index is 1.67. The van der Waals surface area contributed by atoms with Gasteiger partial charge < -0.3 is 10.4 Å². The van der Waals surface area contributed by atoms with Gasteiger partial charge in [0.05, 0.1) is 5.56 Å². The predicted octanol–water partition coefficient (Wildman–Crippen LogP) is 5.06. The first-order valence-corrected chi connectivity index (χ1v) is 8.82. The van der Waals surface area contributed by atoms with Crippen molar-refractivity contribution in [1.82, 2.24) is 0 Å². The van der Waals surface area contributed by atoms with Gasteiger partial charge in [-0.1, -0.05) is 6.92 Å². The molecular weight excluding hydrogens is 298 g/mol. The van der Waals surface area contributed by atoms with Crippen LogP contribution in [-0.4, -0.2) is 11.1 Å². The highest BCUT2D eigenvalue weighted by Crippen LogP contribution is 2.47. The zero-order valence-electron chi connectivity index (χ0n) is 14.1. The fourth-order valence-corrected chi connectivity index (χ4v) is 4.59. The molecule has 24 heavy (non-hydrogen) atoms. The summed E-state index contributed by atoms with van der Waals surface area (Å²) in [7, 11) is 0. The second-order valence-electron chi connectivity index (χ2n) is 7.44. The quantitative estimate of drug-likeness (QED) is 0.831. The standard InChI is InChI=1S/C21H23NO2/c1-21-10-2-4-15-12-18(13-16(19(15)21)5-3-11-21)22-17-8-6-14(7-9-17)20(23)24/h6-9,12-13,22H,2-5,10-11H2,1H3,(H,23,24). The number of nitrogens with one attached hydrogen (secondary N) is 1. The number of benzene rings is 2. The van der Waals surface area contributed by atoms with E-state index < -0.39 is 5.97 Å². The Labute approximate surface area is 142 Å². The van der Waals surface area contributed by atoms with Gasteiger partial charge in [0.25, 0.3) is 0 Å². The van der Waals surface area contributed by atoms with Crippen LogP contribution in [0.4, 0.5) is 11.4 Å². The number of aryl methyl sites for hydroxylation is 2. The minimum Gasteiger partial charge on any atom is -0.478 e. The summed E-state index contributed by atoms with van der Waals surface area (Å²) in [6.07, 6.45) is 7.53. The van der Waals surface area contributed by atoms with Gasteiger partial charge in [-0.3, -0.25) is 0 Å². The smallest absolute Gasteiger partial charge is 0.335 e. The molecule has 0 saturated heterocycles. The Hall–Kier alpha value is -2.29. The lowest BCUT2D eigenvalue weighted by molar-refractivity contribution is 0.0697. The molecule has 0 unspecified atom stereocenters. The molecule has 3 heteroatoms. The molecule has 0 fully saturated rings. The van der Waals surface area contributed by atoms with E-state index in [4.69, 9.17) is 5.11 Å². The molecule has 2 aromatic carbocycles. The summed E-state index contributed by atoms with van der Waals surface area (Å²) in [6.45, 7) is 2.44. The van der Waals surface area contributed by atoms with Crippen molar-refractivity contribution in [2.45, 2.75) is 50.9 Å². The Morgan fingerprint density at radius 1 is 1.00 bits per heavy atom. The molecule has 4 rings (SSSR count). The third-order valence-corrected chi connectivity index (χ3v) is 5.68. The average Bonchev–Trinajstić information content (AvgIpc) is 2.55. The first-order chi connectivity index (χ1) is 11.5. The van der Waals surface area contributed by atoms with Gasteiger partial charge in [-0.15, -0.1) is 0 Å². The zero-order valence-corrected chi connectivity index (χ0v) is 14.1. The van der Waals surface area contributed by atoms with Gasteiger partial charge in [-0.05, 0) is 97.0 Å². The molecule has 0 radical (unpaired) electrons. The molecular formula is C21H23NO2. The number of carbonyl (C=O) groups is 1. The van der Waals surface area contributed by atoms with Crippen molar-refractivity contribution in [3.8, 4) is 0 Å². The molecule has 0 spiro atoms. The molecule has 2 N–H and O–H groups in total. The Bertz CT molecular complexity index is 761. The molecule has 2 aliphatic carbocycles. The summed E-state index contributed by atoms with van der Waals surface area (Å²) in [5, 5.41) is 12.5. The second-order valence-corrected chi connectivity index (χ2v) is 7.44. The van der Waals surface area contributed by atoms with Crippen LogP contribution in [0.5, 0.6) is 0 Å². The van der Waals surface area contributed by atoms with E-state index in [9.17, 15) is 4.79 Å². The molecule has 0 aliphatic heterocycles. The molecule has 3 nitrogen and oxygen atoms in total. The summed E-state index contributed by atoms with van der Waals surface area (Å²) >= 11 is 0. The highest BCUT2D eigenvalue weighted by molar-refractivity contribution is 5.88. The predicted molar refractivity (Wildman–Crippen MR) is 96.4 cm³/mol. The van der Waals surface area contributed by atoms with E-state index in [1.54, 1.807) is 17.7 Å². The van der Waals surface area contributed by atoms with Gasteiger partial charge in [0.1, 0.15) is 0 Å². The van der Waals surface area contributed by atoms with Crippen molar-refractivity contribution < 1.29 is 9.90 Å². The van der Waals surface area contributed by atoms with Crippen LogP contribution < -0.4 is 5.32 Å². The third kappa shape index (κ3) is 2.58. The van der Waals surface area contributed by atoms with Gasteiger partial charge in [0.2, 0.25) is 0 Å². The van der Waals surface area contributed by atoms with Crippen LogP contribution in [0.15, 0.2) is 36.4 Å². The van der Waals surface area contributed by atoms with Crippen LogP contribution in [0.2, 0.25) is 0 Å². The highest BCUT2D eigenvalue weighted by Gasteiger charge is 2.36. The van der Waals surface area contributed by atoms with Crippen molar-refractivity contribution in [2.75, 3.05) is 5.32 Å². The molecule has 0 aromatic heterocycles. The van der Waals surface area contributed by atoms with Gasteiger partial charge in [0.15, 0.2) is 0 Å². The number of rotatable bonds is 3. The monoisotopic (exact) mass is 321 g/mol. The molecule has 0 amide bonds. The lowest BCUT2D eigenvalue weighted by atomic mass is 9.63. The topological polar surface area (TPSA) is 49.3 Å². The lowest BCUT2D eigenvalue weighted by Gasteiger charge is -2.41. The summed E-state index contributed by atoms with van der Waals surface area (Å²) in [6, 6.07) is 11.5. The van der Waals surface area contributed by atoms with Crippen molar-refractivity contribution in [2.24, 2.45) is 0 Å². The Morgan fingerprint density at radius 3 is 2.12 bits per heavy atom. The van der Waals surface area contributed by atoms with Crippen LogP contribution in [0.25, 0.3) is 0 Å². The van der Waals surface area contributed by atoms with E-state index in [1.165, 1.54) is 49.7 Å². The molecule has 0 heterocycles. The van der Waals surface area contributed by atoms with Gasteiger partial charge in [-0.2, -0.15) is 0 Å². The summed E-state index contributed by atoms with van der Waals surface area (Å²) < 4.78 is 0. The lowest BCUT2D eigenvalue weighted by Crippen LogP contribution is -2.32. The minimum absolute atomic E-state index is 0.317. The van der Waals surface area contributed by atoms with Gasteiger partial charge >= 0.3 is 5.97 Å². The van der Waals surface area contributed by atoms with Gasteiger partial charge in [-0.25, -0.2) is 4.79 Å². The summed E-state index contributed by atoms with van der Waals surface area (Å²) in [5.74, 6) is -0.890. The second kappa shape index (κ2) is 5.66. The summed E-state index contributed by atoms with van der Waals surface area (Å²) in [5.41, 5.74) is 7.38. The van der Waals surface area contributed by atoms with E-state index in [-0.39, 0.29) is 0 Å². The van der Waals surface area contributed by atoms with Crippen LogP contribution in [0, 0.1) is 0 Å². The first kappa shape index (κ1) is 15.3. The van der Waals surface area contributed by atoms with Crippen molar-refractivity contribution in [1.29, 1.82) is 0 Å². The number of carboxylic acid groups (broad SMARTS) is 1. The molecule has 0 saturated carbocycles. The molecule has 124 valence electrons. The molecule has 0 atom stereocenters. The summed E-state index contributed by atoms with van der Waals surface area (Å²) in [4.78, 5) is 11.0. The largest absolute Gasteiger partial charge is 0.478 e. The van der Waals surface area contributed by atoms with Crippen molar-refractivity contribution in [3.63, 3.8) is 0 Å². The minimum atomic E-state index is -0.890.